The van der Waals surface area contributed by atoms with Gasteiger partial charge >= 0.3 is 0 Å². The maximum absolute atomic E-state index is 12.9. The Labute approximate surface area is 179 Å². The van der Waals surface area contributed by atoms with Gasteiger partial charge in [-0.05, 0) is 61.8 Å². The first-order chi connectivity index (χ1) is 14.7. The highest BCUT2D eigenvalue weighted by molar-refractivity contribution is 6.05. The lowest BCUT2D eigenvalue weighted by Crippen LogP contribution is -2.45. The van der Waals surface area contributed by atoms with Crippen molar-refractivity contribution in [3.8, 4) is 5.75 Å². The van der Waals surface area contributed by atoms with E-state index >= 15 is 0 Å². The van der Waals surface area contributed by atoms with Crippen molar-refractivity contribution in [2.75, 3.05) is 58.2 Å². The molecule has 0 aliphatic carbocycles. The first kappa shape index (κ1) is 20.8. The van der Waals surface area contributed by atoms with Crippen molar-refractivity contribution in [1.82, 2.24) is 15.1 Å². The molecule has 2 N–H and O–H groups in total. The molecule has 2 aromatic carbocycles. The maximum Gasteiger partial charge on any atom is 0.255 e. The molecule has 1 saturated heterocycles. The summed E-state index contributed by atoms with van der Waals surface area (Å²) in [6.07, 6.45) is 2.11. The highest BCUT2D eigenvalue weighted by Gasteiger charge is 2.15. The van der Waals surface area contributed by atoms with E-state index in [1.807, 2.05) is 36.4 Å². The van der Waals surface area contributed by atoms with Crippen LogP contribution in [0.5, 0.6) is 5.75 Å². The number of para-hydroxylation sites is 2. The van der Waals surface area contributed by atoms with Crippen LogP contribution in [-0.4, -0.2) is 68.6 Å². The molecular formula is C24H32N4O2. The molecule has 2 aromatic rings. The highest BCUT2D eigenvalue weighted by Crippen LogP contribution is 2.25. The van der Waals surface area contributed by atoms with Gasteiger partial charge in [0.2, 0.25) is 0 Å². The molecule has 160 valence electrons. The standard InChI is InChI=1S/C24H32N4O2/c1-27-11-13-28(14-12-27)15-16-30-23-7-3-2-6-22(23)26-24(29)20-8-9-21-18-25-10-4-5-19(21)17-20/h2-3,6-9,17,25H,4-5,10-16,18H2,1H3,(H,26,29). The smallest absolute Gasteiger partial charge is 0.255 e. The Balaban J connectivity index is 1.36. The van der Waals surface area contributed by atoms with Gasteiger partial charge in [-0.3, -0.25) is 9.69 Å². The Morgan fingerprint density at radius 1 is 1.10 bits per heavy atom. The number of fused-ring (bicyclic) bond motifs is 1. The molecule has 6 heteroatoms. The number of piperazine rings is 1. The lowest BCUT2D eigenvalue weighted by Gasteiger charge is -2.32. The van der Waals surface area contributed by atoms with E-state index in [0.717, 1.165) is 70.1 Å². The number of amides is 1. The number of carbonyl (C=O) groups is 1. The van der Waals surface area contributed by atoms with Crippen LogP contribution in [0.25, 0.3) is 0 Å². The SMILES string of the molecule is CN1CCN(CCOc2ccccc2NC(=O)c2ccc3c(c2)CCCNC3)CC1. The number of carbonyl (C=O) groups excluding carboxylic acids is 1. The minimum Gasteiger partial charge on any atom is -0.490 e. The van der Waals surface area contributed by atoms with Crippen LogP contribution in [0.1, 0.15) is 27.9 Å². The third-order valence-electron chi connectivity index (χ3n) is 5.98. The van der Waals surface area contributed by atoms with Crippen molar-refractivity contribution in [2.45, 2.75) is 19.4 Å². The number of nitrogens with one attached hydrogen (secondary N) is 2. The zero-order valence-corrected chi connectivity index (χ0v) is 17.8. The Morgan fingerprint density at radius 3 is 2.80 bits per heavy atom. The van der Waals surface area contributed by atoms with Crippen LogP contribution in [0.15, 0.2) is 42.5 Å². The Morgan fingerprint density at radius 2 is 1.93 bits per heavy atom. The fourth-order valence-electron chi connectivity index (χ4n) is 4.05. The second kappa shape index (κ2) is 10.1. The van der Waals surface area contributed by atoms with Gasteiger partial charge < -0.3 is 20.3 Å². The van der Waals surface area contributed by atoms with E-state index in [9.17, 15) is 4.79 Å². The van der Waals surface area contributed by atoms with Crippen molar-refractivity contribution in [2.24, 2.45) is 0 Å². The van der Waals surface area contributed by atoms with E-state index in [1.54, 1.807) is 0 Å². The molecule has 0 unspecified atom stereocenters. The van der Waals surface area contributed by atoms with E-state index < -0.39 is 0 Å². The predicted octanol–water partition coefficient (Wildman–Crippen LogP) is 2.60. The number of rotatable bonds is 6. The Bertz CT molecular complexity index is 862. The molecule has 30 heavy (non-hydrogen) atoms. The number of likely N-dealkylation sites (N-methyl/N-ethyl adjacent to an activating group) is 1. The summed E-state index contributed by atoms with van der Waals surface area (Å²) in [5, 5.41) is 6.47. The minimum atomic E-state index is -0.0925. The van der Waals surface area contributed by atoms with Crippen LogP contribution < -0.4 is 15.4 Å². The minimum absolute atomic E-state index is 0.0925. The first-order valence-corrected chi connectivity index (χ1v) is 11.0. The lowest BCUT2D eigenvalue weighted by molar-refractivity contribution is 0.102. The van der Waals surface area contributed by atoms with Gasteiger partial charge in [0.1, 0.15) is 12.4 Å². The summed E-state index contributed by atoms with van der Waals surface area (Å²) < 4.78 is 6.03. The third kappa shape index (κ3) is 5.39. The van der Waals surface area contributed by atoms with Gasteiger partial charge in [0.05, 0.1) is 5.69 Å². The van der Waals surface area contributed by atoms with Gasteiger partial charge in [-0.2, -0.15) is 0 Å². The van der Waals surface area contributed by atoms with E-state index in [4.69, 9.17) is 4.74 Å². The van der Waals surface area contributed by atoms with Crippen LogP contribution in [-0.2, 0) is 13.0 Å². The van der Waals surface area contributed by atoms with Crippen molar-refractivity contribution < 1.29 is 9.53 Å². The van der Waals surface area contributed by atoms with Gasteiger partial charge in [0, 0.05) is 44.8 Å². The van der Waals surface area contributed by atoms with Gasteiger partial charge in [0.15, 0.2) is 0 Å². The molecule has 1 amide bonds. The number of anilines is 1. The maximum atomic E-state index is 12.9. The lowest BCUT2D eigenvalue weighted by atomic mass is 10.0. The van der Waals surface area contributed by atoms with Crippen LogP contribution in [0.4, 0.5) is 5.69 Å². The van der Waals surface area contributed by atoms with Crippen LogP contribution in [0, 0.1) is 0 Å². The number of hydrogen-bond acceptors (Lipinski definition) is 5. The number of ether oxygens (including phenoxy) is 1. The van der Waals surface area contributed by atoms with Gasteiger partial charge in [0.25, 0.3) is 5.91 Å². The molecule has 0 saturated carbocycles. The molecule has 0 spiro atoms. The van der Waals surface area contributed by atoms with Gasteiger partial charge in [-0.25, -0.2) is 0 Å². The average Bonchev–Trinajstić information content (AvgIpc) is 3.01. The highest BCUT2D eigenvalue weighted by atomic mass is 16.5. The number of nitrogens with zero attached hydrogens (tertiary/aromatic N) is 2. The number of benzene rings is 2. The fraction of sp³-hybridized carbons (Fsp3) is 0.458. The van der Waals surface area contributed by atoms with E-state index in [2.05, 4.69) is 33.5 Å². The zero-order valence-electron chi connectivity index (χ0n) is 17.8. The van der Waals surface area contributed by atoms with E-state index in [-0.39, 0.29) is 5.91 Å². The molecule has 2 aliphatic heterocycles. The van der Waals surface area contributed by atoms with Crippen molar-refractivity contribution in [3.63, 3.8) is 0 Å². The van der Waals surface area contributed by atoms with Crippen molar-refractivity contribution in [3.05, 3.63) is 59.2 Å². The summed E-state index contributed by atoms with van der Waals surface area (Å²) in [5.74, 6) is 0.629. The fourth-order valence-corrected chi connectivity index (χ4v) is 4.05. The summed E-state index contributed by atoms with van der Waals surface area (Å²) in [5.41, 5.74) is 3.97. The quantitative estimate of drug-likeness (QED) is 0.770. The summed E-state index contributed by atoms with van der Waals surface area (Å²) in [4.78, 5) is 17.7. The van der Waals surface area contributed by atoms with Crippen LogP contribution in [0.3, 0.4) is 0 Å². The normalized spacial score (nSPS) is 17.8. The number of aryl methyl sites for hydroxylation is 1. The van der Waals surface area contributed by atoms with Crippen LogP contribution >= 0.6 is 0 Å². The van der Waals surface area contributed by atoms with E-state index in [0.29, 0.717) is 12.2 Å². The number of hydrogen-bond donors (Lipinski definition) is 2. The first-order valence-electron chi connectivity index (χ1n) is 11.0. The summed E-state index contributed by atoms with van der Waals surface area (Å²) in [6.45, 7) is 7.76. The molecule has 0 radical (unpaired) electrons. The van der Waals surface area contributed by atoms with Gasteiger partial charge in [-0.1, -0.05) is 18.2 Å². The summed E-state index contributed by atoms with van der Waals surface area (Å²) >= 11 is 0. The molecule has 1 fully saturated rings. The predicted molar refractivity (Wildman–Crippen MR) is 120 cm³/mol. The zero-order chi connectivity index (χ0) is 20.8. The molecular weight excluding hydrogens is 376 g/mol. The average molecular weight is 409 g/mol. The largest absolute Gasteiger partial charge is 0.490 e. The second-order valence-electron chi connectivity index (χ2n) is 8.21. The van der Waals surface area contributed by atoms with Crippen LogP contribution in [0.2, 0.25) is 0 Å². The van der Waals surface area contributed by atoms with Crippen molar-refractivity contribution in [1.29, 1.82) is 0 Å². The molecule has 4 rings (SSSR count). The summed E-state index contributed by atoms with van der Waals surface area (Å²) in [7, 11) is 2.16. The Hall–Kier alpha value is -2.41. The molecule has 6 nitrogen and oxygen atoms in total. The molecule has 2 heterocycles. The monoisotopic (exact) mass is 408 g/mol. The van der Waals surface area contributed by atoms with Gasteiger partial charge in [-0.15, -0.1) is 0 Å². The van der Waals surface area contributed by atoms with Crippen molar-refractivity contribution >= 4 is 11.6 Å². The summed E-state index contributed by atoms with van der Waals surface area (Å²) in [6, 6.07) is 13.7. The molecule has 0 aromatic heterocycles. The Kier molecular flexibility index (Phi) is 7.00. The third-order valence-corrected chi connectivity index (χ3v) is 5.98. The molecule has 0 bridgehead atoms. The molecule has 2 aliphatic rings. The molecule has 0 atom stereocenters. The topological polar surface area (TPSA) is 56.8 Å². The van der Waals surface area contributed by atoms with E-state index in [1.165, 1.54) is 11.1 Å². The second-order valence-corrected chi connectivity index (χ2v) is 8.21.